The summed E-state index contributed by atoms with van der Waals surface area (Å²) in [4.78, 5) is 35.8. The number of carbonyl (C=O) groups excluding carboxylic acids is 2. The van der Waals surface area contributed by atoms with Crippen LogP contribution in [0.25, 0.3) is 0 Å². The minimum atomic E-state index is -0.379. The molecule has 6 nitrogen and oxygen atoms in total. The number of nitrogens with zero attached hydrogens (tertiary/aromatic N) is 3. The van der Waals surface area contributed by atoms with E-state index < -0.39 is 0 Å². The van der Waals surface area contributed by atoms with Gasteiger partial charge in [0.15, 0.2) is 0 Å². The smallest absolute Gasteiger partial charge is 0.254 e. The summed E-state index contributed by atoms with van der Waals surface area (Å²) in [6.45, 7) is 9.64. The second-order valence-corrected chi connectivity index (χ2v) is 11.5. The molecule has 3 heterocycles. The number of thiophene rings is 1. The molecule has 194 valence electrons. The van der Waals surface area contributed by atoms with Crippen LogP contribution in [-0.2, 0) is 4.79 Å². The summed E-state index contributed by atoms with van der Waals surface area (Å²) in [5.74, 6) is -0.248. The van der Waals surface area contributed by atoms with Crippen LogP contribution in [0.15, 0.2) is 41.8 Å². The van der Waals surface area contributed by atoms with E-state index in [1.165, 1.54) is 13.0 Å². The number of carbonyl (C=O) groups is 2. The molecule has 0 spiro atoms. The van der Waals surface area contributed by atoms with Crippen LogP contribution in [0.5, 0.6) is 0 Å². The molecule has 3 aliphatic rings. The van der Waals surface area contributed by atoms with Crippen LogP contribution in [0.3, 0.4) is 0 Å². The largest absolute Gasteiger partial charge is 0.355 e. The molecular weight excluding hydrogens is 468 g/mol. The van der Waals surface area contributed by atoms with E-state index in [2.05, 4.69) is 38.4 Å². The zero-order valence-electron chi connectivity index (χ0n) is 21.5. The lowest BCUT2D eigenvalue weighted by atomic mass is 9.80. The highest BCUT2D eigenvalue weighted by Gasteiger charge is 2.47. The lowest BCUT2D eigenvalue weighted by Crippen LogP contribution is -2.51. The topological polar surface area (TPSA) is 55.9 Å². The van der Waals surface area contributed by atoms with E-state index in [1.54, 1.807) is 11.3 Å². The van der Waals surface area contributed by atoms with Gasteiger partial charge in [-0.25, -0.2) is 0 Å². The van der Waals surface area contributed by atoms with Crippen LogP contribution in [0.1, 0.15) is 78.2 Å². The second kappa shape index (κ2) is 11.9. The molecule has 0 unspecified atom stereocenters. The Balaban J connectivity index is 1.29. The third-order valence-electron chi connectivity index (χ3n) is 8.17. The Morgan fingerprint density at radius 2 is 1.72 bits per heavy atom. The van der Waals surface area contributed by atoms with E-state index in [9.17, 15) is 9.59 Å². The standard InChI is InChI=1S/C29H40N4O2S/c1-2-15-31-17-19-32(20-18-31)16-8-14-30-28(34)26-23-11-5-6-12-24(23)29(35)33(22-9-3-4-10-22)27(26)25-13-7-21-36-25/h5-7,11-13,21-22,26-27H,2-4,8-10,14-20H2,1H3,(H,30,34)/t26-,27+/m1/s1. The quantitative estimate of drug-likeness (QED) is 0.507. The maximum Gasteiger partial charge on any atom is 0.254 e. The van der Waals surface area contributed by atoms with Crippen LogP contribution in [0.4, 0.5) is 0 Å². The molecule has 1 aliphatic carbocycles. The van der Waals surface area contributed by atoms with Crippen molar-refractivity contribution in [3.05, 3.63) is 57.8 Å². The van der Waals surface area contributed by atoms with Gasteiger partial charge in [-0.3, -0.25) is 9.59 Å². The third-order valence-corrected chi connectivity index (χ3v) is 9.11. The molecule has 5 rings (SSSR count). The van der Waals surface area contributed by atoms with Crippen molar-refractivity contribution < 1.29 is 9.59 Å². The number of nitrogens with one attached hydrogen (secondary N) is 1. The zero-order chi connectivity index (χ0) is 24.9. The molecule has 1 aromatic carbocycles. The Bertz CT molecular complexity index is 1010. The van der Waals surface area contributed by atoms with Crippen LogP contribution < -0.4 is 5.32 Å². The van der Waals surface area contributed by atoms with Gasteiger partial charge in [0.1, 0.15) is 0 Å². The number of rotatable bonds is 9. The lowest BCUT2D eigenvalue weighted by Gasteiger charge is -2.44. The number of benzene rings is 1. The van der Waals surface area contributed by atoms with Crippen molar-refractivity contribution in [2.24, 2.45) is 0 Å². The predicted octanol–water partition coefficient (Wildman–Crippen LogP) is 4.51. The van der Waals surface area contributed by atoms with Crippen molar-refractivity contribution in [2.75, 3.05) is 45.8 Å². The first-order chi connectivity index (χ1) is 17.7. The first kappa shape index (κ1) is 25.4. The van der Waals surface area contributed by atoms with Gasteiger partial charge >= 0.3 is 0 Å². The molecule has 2 atom stereocenters. The van der Waals surface area contributed by atoms with Gasteiger partial charge in [0.25, 0.3) is 5.91 Å². The first-order valence-electron chi connectivity index (χ1n) is 13.8. The fourth-order valence-corrected chi connectivity index (χ4v) is 7.22. The van der Waals surface area contributed by atoms with E-state index in [0.717, 1.165) is 75.3 Å². The Morgan fingerprint density at radius 1 is 1.00 bits per heavy atom. The van der Waals surface area contributed by atoms with Crippen molar-refractivity contribution in [3.63, 3.8) is 0 Å². The van der Waals surface area contributed by atoms with Crippen LogP contribution in [-0.4, -0.2) is 78.4 Å². The van der Waals surface area contributed by atoms with Crippen LogP contribution >= 0.6 is 11.3 Å². The van der Waals surface area contributed by atoms with Gasteiger partial charge in [0, 0.05) is 49.2 Å². The van der Waals surface area contributed by atoms with Crippen LogP contribution in [0, 0.1) is 0 Å². The molecule has 7 heteroatoms. The van der Waals surface area contributed by atoms with Gasteiger partial charge in [-0.05, 0) is 61.8 Å². The minimum absolute atomic E-state index is 0.0455. The van der Waals surface area contributed by atoms with E-state index in [0.29, 0.717) is 12.1 Å². The summed E-state index contributed by atoms with van der Waals surface area (Å²) in [5, 5.41) is 5.33. The fourth-order valence-electron chi connectivity index (χ4n) is 6.36. The number of hydrogen-bond acceptors (Lipinski definition) is 5. The van der Waals surface area contributed by atoms with E-state index in [1.807, 2.05) is 30.3 Å². The van der Waals surface area contributed by atoms with E-state index in [-0.39, 0.29) is 29.8 Å². The number of hydrogen-bond donors (Lipinski definition) is 1. The summed E-state index contributed by atoms with van der Waals surface area (Å²) in [7, 11) is 0. The summed E-state index contributed by atoms with van der Waals surface area (Å²) >= 11 is 1.66. The molecule has 2 fully saturated rings. The van der Waals surface area contributed by atoms with Crippen molar-refractivity contribution in [1.29, 1.82) is 0 Å². The SMILES string of the molecule is CCCN1CCN(CCCNC(=O)[C@@H]2c3ccccc3C(=O)N(C3CCCC3)[C@H]2c2cccs2)CC1. The highest BCUT2D eigenvalue weighted by Crippen LogP contribution is 2.47. The van der Waals surface area contributed by atoms with Gasteiger partial charge in [-0.2, -0.15) is 0 Å². The molecule has 36 heavy (non-hydrogen) atoms. The number of amides is 2. The molecule has 0 radical (unpaired) electrons. The fraction of sp³-hybridized carbons (Fsp3) is 0.586. The zero-order valence-corrected chi connectivity index (χ0v) is 22.3. The maximum absolute atomic E-state index is 13.8. The first-order valence-corrected chi connectivity index (χ1v) is 14.7. The van der Waals surface area contributed by atoms with Crippen molar-refractivity contribution >= 4 is 23.2 Å². The lowest BCUT2D eigenvalue weighted by molar-refractivity contribution is -0.124. The van der Waals surface area contributed by atoms with Gasteiger partial charge in [0.2, 0.25) is 5.91 Å². The van der Waals surface area contributed by atoms with Crippen molar-refractivity contribution in [2.45, 2.75) is 63.5 Å². The van der Waals surface area contributed by atoms with Gasteiger partial charge < -0.3 is 20.0 Å². The normalized spacial score (nSPS) is 23.7. The summed E-state index contributed by atoms with van der Waals surface area (Å²) in [5.41, 5.74) is 1.57. The summed E-state index contributed by atoms with van der Waals surface area (Å²) < 4.78 is 0. The number of fused-ring (bicyclic) bond motifs is 1. The molecule has 1 saturated carbocycles. The molecule has 1 saturated heterocycles. The third kappa shape index (κ3) is 5.38. The molecule has 0 bridgehead atoms. The highest BCUT2D eigenvalue weighted by atomic mass is 32.1. The molecule has 2 aromatic rings. The minimum Gasteiger partial charge on any atom is -0.355 e. The van der Waals surface area contributed by atoms with Crippen molar-refractivity contribution in [1.82, 2.24) is 20.0 Å². The van der Waals surface area contributed by atoms with E-state index in [4.69, 9.17) is 0 Å². The molecular formula is C29H40N4O2S. The monoisotopic (exact) mass is 508 g/mol. The van der Waals surface area contributed by atoms with Crippen LogP contribution in [0.2, 0.25) is 0 Å². The molecule has 2 amide bonds. The average Bonchev–Trinajstić information content (AvgIpc) is 3.62. The Morgan fingerprint density at radius 3 is 2.42 bits per heavy atom. The maximum atomic E-state index is 13.8. The summed E-state index contributed by atoms with van der Waals surface area (Å²) in [6.07, 6.45) is 6.51. The molecule has 1 aromatic heterocycles. The Hall–Kier alpha value is -2.22. The van der Waals surface area contributed by atoms with E-state index >= 15 is 0 Å². The van der Waals surface area contributed by atoms with Gasteiger partial charge in [-0.15, -0.1) is 11.3 Å². The summed E-state index contributed by atoms with van der Waals surface area (Å²) in [6, 6.07) is 11.9. The predicted molar refractivity (Wildman–Crippen MR) is 145 cm³/mol. The molecule has 1 N–H and O–H groups in total. The van der Waals surface area contributed by atoms with Crippen molar-refractivity contribution in [3.8, 4) is 0 Å². The second-order valence-electron chi connectivity index (χ2n) is 10.5. The highest BCUT2D eigenvalue weighted by molar-refractivity contribution is 7.10. The van der Waals surface area contributed by atoms with Gasteiger partial charge in [0.05, 0.1) is 12.0 Å². The Kier molecular flexibility index (Phi) is 8.40. The molecule has 2 aliphatic heterocycles. The average molecular weight is 509 g/mol. The number of piperazine rings is 1. The van der Waals surface area contributed by atoms with Gasteiger partial charge in [-0.1, -0.05) is 44.0 Å². The Labute approximate surface area is 219 Å².